The second-order valence-corrected chi connectivity index (χ2v) is 10.7. The van der Waals surface area contributed by atoms with Crippen LogP contribution in [0.25, 0.3) is 33.8 Å². The second-order valence-electron chi connectivity index (χ2n) is 9.13. The van der Waals surface area contributed by atoms with E-state index in [1.54, 1.807) is 18.3 Å². The van der Waals surface area contributed by atoms with Crippen molar-refractivity contribution in [3.05, 3.63) is 66.4 Å². The molecule has 0 atom stereocenters. The zero-order valence-corrected chi connectivity index (χ0v) is 22.8. The van der Waals surface area contributed by atoms with Crippen LogP contribution < -0.4 is 20.9 Å². The van der Waals surface area contributed by atoms with Crippen LogP contribution in [0.5, 0.6) is 5.75 Å². The summed E-state index contributed by atoms with van der Waals surface area (Å²) in [6.07, 6.45) is 3.43. The number of benzene rings is 2. The molecule has 0 saturated heterocycles. The van der Waals surface area contributed by atoms with Crippen molar-refractivity contribution in [3.63, 3.8) is 0 Å². The smallest absolute Gasteiger partial charge is 0.238 e. The van der Waals surface area contributed by atoms with Crippen LogP contribution in [0.3, 0.4) is 0 Å². The van der Waals surface area contributed by atoms with Crippen molar-refractivity contribution in [2.45, 2.75) is 37.8 Å². The normalized spacial score (nSPS) is 11.8. The predicted molar refractivity (Wildman–Crippen MR) is 151 cm³/mol. The summed E-state index contributed by atoms with van der Waals surface area (Å²) in [4.78, 5) is 9.67. The van der Waals surface area contributed by atoms with Gasteiger partial charge in [0.1, 0.15) is 11.0 Å². The van der Waals surface area contributed by atoms with Gasteiger partial charge in [-0.25, -0.2) is 28.2 Å². The number of fused-ring (bicyclic) bond motifs is 1. The van der Waals surface area contributed by atoms with E-state index in [-0.39, 0.29) is 10.7 Å². The number of nitrogens with two attached hydrogens (primary N) is 2. The minimum atomic E-state index is -3.68. The number of anilines is 1. The average molecular weight is 563 g/mol. The number of nitrogens with zero attached hydrogens (tertiary/aromatic N) is 5. The van der Waals surface area contributed by atoms with Crippen LogP contribution in [0.1, 0.15) is 25.3 Å². The number of nitrogen functional groups attached to an aromatic ring is 1. The van der Waals surface area contributed by atoms with E-state index in [1.165, 1.54) is 12.1 Å². The molecular formula is C27H30N8O4S. The SMILES string of the molecule is CCn1c(-c2nonc2N)nc2c(-c3ccccc3)ncc(OCCCCNCc3ccc(S(N)(=O)=O)cc3)c21. The van der Waals surface area contributed by atoms with Crippen molar-refractivity contribution >= 4 is 26.9 Å². The predicted octanol–water partition coefficient (Wildman–Crippen LogP) is 3.35. The van der Waals surface area contributed by atoms with E-state index in [0.29, 0.717) is 42.5 Å². The quantitative estimate of drug-likeness (QED) is 0.191. The molecule has 208 valence electrons. The number of hydrogen-bond acceptors (Lipinski definition) is 10. The molecule has 0 aliphatic rings. The first-order valence-electron chi connectivity index (χ1n) is 12.8. The number of rotatable bonds is 12. The molecule has 0 aliphatic heterocycles. The molecule has 0 amide bonds. The maximum Gasteiger partial charge on any atom is 0.238 e. The number of nitrogens with one attached hydrogen (secondary N) is 1. The number of unbranched alkanes of at least 4 members (excludes halogenated alkanes) is 1. The minimum Gasteiger partial charge on any atom is -0.490 e. The number of primary sulfonamides is 1. The van der Waals surface area contributed by atoms with E-state index in [4.69, 9.17) is 30.2 Å². The van der Waals surface area contributed by atoms with E-state index in [0.717, 1.165) is 41.7 Å². The Morgan fingerprint density at radius 2 is 1.80 bits per heavy atom. The van der Waals surface area contributed by atoms with Crippen LogP contribution in [0.2, 0.25) is 0 Å². The summed E-state index contributed by atoms with van der Waals surface area (Å²) < 4.78 is 35.8. The van der Waals surface area contributed by atoms with Gasteiger partial charge in [0.15, 0.2) is 23.1 Å². The first-order chi connectivity index (χ1) is 19.4. The van der Waals surface area contributed by atoms with E-state index in [1.807, 2.05) is 41.8 Å². The van der Waals surface area contributed by atoms with Crippen molar-refractivity contribution < 1.29 is 17.8 Å². The Morgan fingerprint density at radius 3 is 2.48 bits per heavy atom. The van der Waals surface area contributed by atoms with Crippen LogP contribution in [0.15, 0.2) is 70.3 Å². The lowest BCUT2D eigenvalue weighted by atomic mass is 10.1. The Labute approximate surface area is 231 Å². The standard InChI is InChI=1S/C27H30N8O4S/c1-2-35-25-21(38-15-7-6-14-30-16-18-10-12-20(13-11-18)40(29,36)37)17-31-22(19-8-4-3-5-9-19)23(25)32-27(35)24-26(28)34-39-33-24/h3-5,8-13,17,30H,2,6-7,14-16H2,1H3,(H2,28,34)(H2,29,36,37). The molecule has 5 N–H and O–H groups in total. The summed E-state index contributed by atoms with van der Waals surface area (Å²) in [5.74, 6) is 1.32. The molecule has 0 fully saturated rings. The number of aromatic nitrogens is 5. The van der Waals surface area contributed by atoms with Crippen molar-refractivity contribution in [2.75, 3.05) is 18.9 Å². The van der Waals surface area contributed by atoms with Crippen molar-refractivity contribution in [1.29, 1.82) is 0 Å². The third-order valence-corrected chi connectivity index (χ3v) is 7.34. The molecule has 0 spiro atoms. The number of sulfonamides is 1. The van der Waals surface area contributed by atoms with Gasteiger partial charge in [0.05, 0.1) is 23.4 Å². The largest absolute Gasteiger partial charge is 0.490 e. The lowest BCUT2D eigenvalue weighted by Crippen LogP contribution is -2.16. The zero-order valence-electron chi connectivity index (χ0n) is 21.9. The molecule has 0 saturated carbocycles. The van der Waals surface area contributed by atoms with Gasteiger partial charge in [-0.3, -0.25) is 0 Å². The summed E-state index contributed by atoms with van der Waals surface area (Å²) in [7, 11) is -3.68. The molecular weight excluding hydrogens is 532 g/mol. The van der Waals surface area contributed by atoms with Crippen LogP contribution in [-0.4, -0.2) is 46.4 Å². The van der Waals surface area contributed by atoms with Gasteiger partial charge < -0.3 is 20.4 Å². The average Bonchev–Trinajstić information content (AvgIpc) is 3.56. The molecule has 5 rings (SSSR count). The molecule has 5 aromatic rings. The number of hydrogen-bond donors (Lipinski definition) is 3. The molecule has 0 radical (unpaired) electrons. The molecule has 13 heteroatoms. The van der Waals surface area contributed by atoms with E-state index < -0.39 is 10.0 Å². The Balaban J connectivity index is 1.27. The fraction of sp³-hybridized carbons (Fsp3) is 0.259. The van der Waals surface area contributed by atoms with E-state index in [9.17, 15) is 8.42 Å². The Morgan fingerprint density at radius 1 is 1.02 bits per heavy atom. The molecule has 0 unspecified atom stereocenters. The lowest BCUT2D eigenvalue weighted by molar-refractivity contribution is 0.307. The van der Waals surface area contributed by atoms with Crippen LogP contribution in [0, 0.1) is 0 Å². The van der Waals surface area contributed by atoms with Gasteiger partial charge in [-0.1, -0.05) is 42.5 Å². The summed E-state index contributed by atoms with van der Waals surface area (Å²) in [5, 5.41) is 16.2. The number of ether oxygens (including phenoxy) is 1. The molecule has 3 aromatic heterocycles. The van der Waals surface area contributed by atoms with Gasteiger partial charge in [0, 0.05) is 18.7 Å². The second kappa shape index (κ2) is 11.8. The van der Waals surface area contributed by atoms with Gasteiger partial charge in [-0.2, -0.15) is 0 Å². The van der Waals surface area contributed by atoms with Gasteiger partial charge in [-0.05, 0) is 54.3 Å². The van der Waals surface area contributed by atoms with E-state index >= 15 is 0 Å². The number of aryl methyl sites for hydroxylation is 1. The van der Waals surface area contributed by atoms with Gasteiger partial charge in [0.2, 0.25) is 10.0 Å². The Bertz CT molecular complexity index is 1700. The number of imidazole rings is 1. The molecule has 2 aromatic carbocycles. The van der Waals surface area contributed by atoms with Gasteiger partial charge in [-0.15, -0.1) is 0 Å². The highest BCUT2D eigenvalue weighted by Gasteiger charge is 2.24. The van der Waals surface area contributed by atoms with Crippen molar-refractivity contribution in [3.8, 4) is 28.5 Å². The molecule has 40 heavy (non-hydrogen) atoms. The summed E-state index contributed by atoms with van der Waals surface area (Å²) >= 11 is 0. The van der Waals surface area contributed by atoms with Crippen LogP contribution >= 0.6 is 0 Å². The summed E-state index contributed by atoms with van der Waals surface area (Å²) in [6.45, 7) is 4.49. The van der Waals surface area contributed by atoms with Crippen LogP contribution in [-0.2, 0) is 23.1 Å². The minimum absolute atomic E-state index is 0.103. The highest BCUT2D eigenvalue weighted by Crippen LogP contribution is 2.36. The maximum absolute atomic E-state index is 11.4. The fourth-order valence-electron chi connectivity index (χ4n) is 4.43. The summed E-state index contributed by atoms with van der Waals surface area (Å²) in [5.41, 5.74) is 10.5. The lowest BCUT2D eigenvalue weighted by Gasteiger charge is -2.12. The Kier molecular flexibility index (Phi) is 8.05. The monoisotopic (exact) mass is 562 g/mol. The van der Waals surface area contributed by atoms with Crippen LogP contribution in [0.4, 0.5) is 5.82 Å². The fourth-order valence-corrected chi connectivity index (χ4v) is 4.94. The zero-order chi connectivity index (χ0) is 28.1. The summed E-state index contributed by atoms with van der Waals surface area (Å²) in [6, 6.07) is 16.4. The van der Waals surface area contributed by atoms with Crippen molar-refractivity contribution in [1.82, 2.24) is 30.2 Å². The third kappa shape index (κ3) is 5.81. The maximum atomic E-state index is 11.4. The molecule has 3 heterocycles. The highest BCUT2D eigenvalue weighted by molar-refractivity contribution is 7.89. The van der Waals surface area contributed by atoms with Crippen molar-refractivity contribution in [2.24, 2.45) is 5.14 Å². The van der Waals surface area contributed by atoms with E-state index in [2.05, 4.69) is 15.6 Å². The van der Waals surface area contributed by atoms with Gasteiger partial charge in [0.25, 0.3) is 0 Å². The molecule has 0 aliphatic carbocycles. The molecule has 0 bridgehead atoms. The van der Waals surface area contributed by atoms with Gasteiger partial charge >= 0.3 is 0 Å². The molecule has 12 nitrogen and oxygen atoms in total. The topological polar surface area (TPSA) is 177 Å². The number of pyridine rings is 1. The first-order valence-corrected chi connectivity index (χ1v) is 14.4. The third-order valence-electron chi connectivity index (χ3n) is 6.41. The first kappa shape index (κ1) is 27.2. The Hall–Kier alpha value is -4.33. The highest BCUT2D eigenvalue weighted by atomic mass is 32.2.